The van der Waals surface area contributed by atoms with Crippen LogP contribution in [0.3, 0.4) is 0 Å². The van der Waals surface area contributed by atoms with Crippen LogP contribution in [0.15, 0.2) is 18.2 Å². The zero-order chi connectivity index (χ0) is 11.1. The summed E-state index contributed by atoms with van der Waals surface area (Å²) in [7, 11) is 0. The van der Waals surface area contributed by atoms with Crippen LogP contribution >= 0.6 is 11.3 Å². The van der Waals surface area contributed by atoms with Crippen molar-refractivity contribution >= 4 is 26.7 Å². The fraction of sp³-hybridized carbons (Fsp3) is 0.364. The van der Waals surface area contributed by atoms with E-state index in [4.69, 9.17) is 11.5 Å². The zero-order valence-electron chi connectivity index (χ0n) is 8.95. The first-order valence-corrected chi connectivity index (χ1v) is 5.69. The summed E-state index contributed by atoms with van der Waals surface area (Å²) in [6.45, 7) is 4.05. The molecule has 80 valence electrons. The third-order valence-corrected chi connectivity index (χ3v) is 2.98. The molecule has 2 aromatic rings. The van der Waals surface area contributed by atoms with E-state index in [-0.39, 0.29) is 5.54 Å². The molecule has 0 unspecified atom stereocenters. The number of nitrogen functional groups attached to an aromatic ring is 1. The number of aromatic nitrogens is 1. The average molecular weight is 221 g/mol. The minimum atomic E-state index is -0.177. The summed E-state index contributed by atoms with van der Waals surface area (Å²) in [5.41, 5.74) is 13.7. The second-order valence-electron chi connectivity index (χ2n) is 4.52. The zero-order valence-corrected chi connectivity index (χ0v) is 9.77. The number of rotatable bonds is 2. The first kappa shape index (κ1) is 10.4. The molecule has 0 aliphatic heterocycles. The van der Waals surface area contributed by atoms with Gasteiger partial charge >= 0.3 is 0 Å². The predicted octanol–water partition coefficient (Wildman–Crippen LogP) is 2.16. The Kier molecular flexibility index (Phi) is 2.40. The highest BCUT2D eigenvalue weighted by molar-refractivity contribution is 7.22. The summed E-state index contributed by atoms with van der Waals surface area (Å²) < 4.78 is 1.13. The van der Waals surface area contributed by atoms with Gasteiger partial charge in [-0.2, -0.15) is 0 Å². The Bertz CT molecular complexity index is 482. The Morgan fingerprint density at radius 2 is 2.13 bits per heavy atom. The van der Waals surface area contributed by atoms with E-state index in [2.05, 4.69) is 17.1 Å². The molecule has 0 radical (unpaired) electrons. The SMILES string of the molecule is CC(C)(N)Cc1ccc2nc(N)sc2c1. The lowest BCUT2D eigenvalue weighted by atomic mass is 9.96. The minimum absolute atomic E-state index is 0.177. The highest BCUT2D eigenvalue weighted by Gasteiger charge is 2.12. The van der Waals surface area contributed by atoms with Crippen LogP contribution in [0.2, 0.25) is 0 Å². The number of nitrogens with zero attached hydrogens (tertiary/aromatic N) is 1. The third-order valence-electron chi connectivity index (χ3n) is 2.13. The number of nitrogens with two attached hydrogens (primary N) is 2. The molecule has 0 atom stereocenters. The Morgan fingerprint density at radius 1 is 1.40 bits per heavy atom. The Morgan fingerprint density at radius 3 is 2.80 bits per heavy atom. The van der Waals surface area contributed by atoms with E-state index < -0.39 is 0 Å². The Labute approximate surface area is 93.1 Å². The first-order valence-electron chi connectivity index (χ1n) is 4.88. The van der Waals surface area contributed by atoms with Crippen molar-refractivity contribution < 1.29 is 0 Å². The van der Waals surface area contributed by atoms with Crippen molar-refractivity contribution in [3.63, 3.8) is 0 Å². The van der Waals surface area contributed by atoms with Crippen LogP contribution in [0.4, 0.5) is 5.13 Å². The number of hydrogen-bond acceptors (Lipinski definition) is 4. The fourth-order valence-corrected chi connectivity index (χ4v) is 2.42. The Hall–Kier alpha value is -1.13. The molecule has 1 aromatic heterocycles. The lowest BCUT2D eigenvalue weighted by molar-refractivity contribution is 0.517. The number of thiazole rings is 1. The van der Waals surface area contributed by atoms with Crippen LogP contribution in [-0.4, -0.2) is 10.5 Å². The number of benzene rings is 1. The van der Waals surface area contributed by atoms with Gasteiger partial charge in [-0.3, -0.25) is 0 Å². The van der Waals surface area contributed by atoms with Gasteiger partial charge in [0.2, 0.25) is 0 Å². The van der Waals surface area contributed by atoms with Gasteiger partial charge in [0.1, 0.15) is 0 Å². The molecular weight excluding hydrogens is 206 g/mol. The standard InChI is InChI=1S/C11H15N3S/c1-11(2,13)6-7-3-4-8-9(5-7)15-10(12)14-8/h3-5H,6,13H2,1-2H3,(H2,12,14). The maximum absolute atomic E-state index is 5.98. The molecule has 0 aliphatic rings. The average Bonchev–Trinajstić information content (AvgIpc) is 2.40. The topological polar surface area (TPSA) is 64.9 Å². The van der Waals surface area contributed by atoms with Crippen molar-refractivity contribution in [1.29, 1.82) is 0 Å². The maximum Gasteiger partial charge on any atom is 0.181 e. The van der Waals surface area contributed by atoms with Crippen molar-refractivity contribution in [2.24, 2.45) is 5.73 Å². The summed E-state index contributed by atoms with van der Waals surface area (Å²) in [4.78, 5) is 4.22. The summed E-state index contributed by atoms with van der Waals surface area (Å²) in [6.07, 6.45) is 0.862. The van der Waals surface area contributed by atoms with E-state index in [0.29, 0.717) is 5.13 Å². The molecule has 0 saturated heterocycles. The summed E-state index contributed by atoms with van der Waals surface area (Å²) in [5, 5.41) is 0.620. The van der Waals surface area contributed by atoms with Crippen molar-refractivity contribution in [3.05, 3.63) is 23.8 Å². The lowest BCUT2D eigenvalue weighted by Crippen LogP contribution is -2.34. The molecule has 1 heterocycles. The smallest absolute Gasteiger partial charge is 0.181 e. The molecule has 15 heavy (non-hydrogen) atoms. The second-order valence-corrected chi connectivity index (χ2v) is 5.58. The number of hydrogen-bond donors (Lipinski definition) is 2. The molecule has 0 amide bonds. The first-order chi connectivity index (χ1) is 6.94. The van der Waals surface area contributed by atoms with Gasteiger partial charge in [-0.05, 0) is 38.0 Å². The predicted molar refractivity (Wildman–Crippen MR) is 66.0 cm³/mol. The van der Waals surface area contributed by atoms with Gasteiger partial charge in [0.05, 0.1) is 10.2 Å². The molecule has 1 aromatic carbocycles. The molecular formula is C11H15N3S. The van der Waals surface area contributed by atoms with Crippen LogP contribution in [0.1, 0.15) is 19.4 Å². The van der Waals surface area contributed by atoms with Crippen molar-refractivity contribution in [2.75, 3.05) is 5.73 Å². The third kappa shape index (κ3) is 2.46. The van der Waals surface area contributed by atoms with Crippen molar-refractivity contribution in [3.8, 4) is 0 Å². The monoisotopic (exact) mass is 221 g/mol. The van der Waals surface area contributed by atoms with Gasteiger partial charge in [0.15, 0.2) is 5.13 Å². The van der Waals surface area contributed by atoms with Crippen LogP contribution in [0, 0.1) is 0 Å². The van der Waals surface area contributed by atoms with Gasteiger partial charge in [-0.1, -0.05) is 17.4 Å². The van der Waals surface area contributed by atoms with Crippen LogP contribution in [-0.2, 0) is 6.42 Å². The molecule has 0 aliphatic carbocycles. The molecule has 0 saturated carbocycles. The van der Waals surface area contributed by atoms with E-state index >= 15 is 0 Å². The molecule has 4 heteroatoms. The van der Waals surface area contributed by atoms with Crippen LogP contribution in [0.25, 0.3) is 10.2 Å². The summed E-state index contributed by atoms with van der Waals surface area (Å²) in [5.74, 6) is 0. The van der Waals surface area contributed by atoms with E-state index in [1.165, 1.54) is 16.9 Å². The van der Waals surface area contributed by atoms with E-state index in [9.17, 15) is 0 Å². The normalized spacial score (nSPS) is 12.2. The maximum atomic E-state index is 5.98. The Balaban J connectivity index is 2.38. The number of fused-ring (bicyclic) bond motifs is 1. The van der Waals surface area contributed by atoms with Crippen molar-refractivity contribution in [1.82, 2.24) is 4.98 Å². The molecule has 0 bridgehead atoms. The highest BCUT2D eigenvalue weighted by atomic mass is 32.1. The van der Waals surface area contributed by atoms with Gasteiger partial charge in [-0.25, -0.2) is 4.98 Å². The molecule has 0 fully saturated rings. The summed E-state index contributed by atoms with van der Waals surface area (Å²) >= 11 is 1.52. The molecule has 0 spiro atoms. The van der Waals surface area contributed by atoms with Gasteiger partial charge in [0, 0.05) is 5.54 Å². The molecule has 4 N–H and O–H groups in total. The van der Waals surface area contributed by atoms with Crippen LogP contribution in [0.5, 0.6) is 0 Å². The minimum Gasteiger partial charge on any atom is -0.375 e. The lowest BCUT2D eigenvalue weighted by Gasteiger charge is -2.18. The second kappa shape index (κ2) is 3.47. The van der Waals surface area contributed by atoms with Crippen LogP contribution < -0.4 is 11.5 Å². The van der Waals surface area contributed by atoms with Gasteiger partial charge < -0.3 is 11.5 Å². The van der Waals surface area contributed by atoms with E-state index in [1.807, 2.05) is 19.9 Å². The molecule has 3 nitrogen and oxygen atoms in total. The largest absolute Gasteiger partial charge is 0.375 e. The molecule has 2 rings (SSSR count). The number of anilines is 1. The van der Waals surface area contributed by atoms with Gasteiger partial charge in [0.25, 0.3) is 0 Å². The highest BCUT2D eigenvalue weighted by Crippen LogP contribution is 2.25. The van der Waals surface area contributed by atoms with Crippen molar-refractivity contribution in [2.45, 2.75) is 25.8 Å². The van der Waals surface area contributed by atoms with E-state index in [0.717, 1.165) is 16.6 Å². The van der Waals surface area contributed by atoms with Gasteiger partial charge in [-0.15, -0.1) is 0 Å². The fourth-order valence-electron chi connectivity index (χ4n) is 1.62. The summed E-state index contributed by atoms with van der Waals surface area (Å²) in [6, 6.07) is 6.19. The quantitative estimate of drug-likeness (QED) is 0.816. The van der Waals surface area contributed by atoms with E-state index in [1.54, 1.807) is 0 Å².